The van der Waals surface area contributed by atoms with Crippen molar-refractivity contribution < 1.29 is 4.74 Å². The first-order chi connectivity index (χ1) is 4.30. The molecule has 0 saturated heterocycles. The fourth-order valence-electron chi connectivity index (χ4n) is 0.565. The van der Waals surface area contributed by atoms with E-state index in [4.69, 9.17) is 15.9 Å². The van der Waals surface area contributed by atoms with Gasteiger partial charge in [-0.2, -0.15) is 0 Å². The molecule has 3 nitrogen and oxygen atoms in total. The highest BCUT2D eigenvalue weighted by Gasteiger charge is 2.01. The molecule has 0 aromatic carbocycles. The van der Waals surface area contributed by atoms with E-state index in [-0.39, 0.29) is 5.84 Å². The number of ether oxygens (including phenoxy) is 1. The van der Waals surface area contributed by atoms with Gasteiger partial charge in [0.15, 0.2) is 0 Å². The van der Waals surface area contributed by atoms with E-state index in [1.54, 1.807) is 18.4 Å². The summed E-state index contributed by atoms with van der Waals surface area (Å²) in [6.45, 7) is 0.422. The van der Waals surface area contributed by atoms with Crippen molar-refractivity contribution in [3.63, 3.8) is 0 Å². The van der Waals surface area contributed by atoms with E-state index in [9.17, 15) is 0 Å². The van der Waals surface area contributed by atoms with Crippen LogP contribution >= 0.6 is 0 Å². The van der Waals surface area contributed by atoms with E-state index in [0.29, 0.717) is 6.61 Å². The summed E-state index contributed by atoms with van der Waals surface area (Å²) in [5.41, 5.74) is 5.90. The van der Waals surface area contributed by atoms with Crippen LogP contribution in [0.4, 0.5) is 0 Å². The summed E-state index contributed by atoms with van der Waals surface area (Å²) in [5, 5.41) is 6.98. The summed E-state index contributed by atoms with van der Waals surface area (Å²) in [6.07, 6.45) is 5.07. The normalized spacial score (nSPS) is 16.2. The smallest absolute Gasteiger partial charge is 0.122 e. The van der Waals surface area contributed by atoms with Crippen molar-refractivity contribution in [3.8, 4) is 0 Å². The van der Waals surface area contributed by atoms with Gasteiger partial charge < -0.3 is 10.5 Å². The van der Waals surface area contributed by atoms with Crippen LogP contribution in [0.1, 0.15) is 0 Å². The summed E-state index contributed by atoms with van der Waals surface area (Å²) in [5.74, 6) is 0.0827. The minimum absolute atomic E-state index is 0.0827. The molecule has 1 aliphatic heterocycles. The zero-order valence-corrected chi connectivity index (χ0v) is 4.92. The molecule has 0 saturated carbocycles. The van der Waals surface area contributed by atoms with E-state index >= 15 is 0 Å². The van der Waals surface area contributed by atoms with Gasteiger partial charge in [-0.1, -0.05) is 0 Å². The number of nitrogens with two attached hydrogens (primary N) is 1. The van der Waals surface area contributed by atoms with Gasteiger partial charge in [0.25, 0.3) is 0 Å². The van der Waals surface area contributed by atoms with Gasteiger partial charge in [0.2, 0.25) is 0 Å². The summed E-state index contributed by atoms with van der Waals surface area (Å²) < 4.78 is 4.87. The Kier molecular flexibility index (Phi) is 1.53. The molecule has 0 unspecified atom stereocenters. The molecule has 0 amide bonds. The minimum atomic E-state index is 0.0827. The number of hydrogen-bond acceptors (Lipinski definition) is 2. The Balaban J connectivity index is 2.68. The van der Waals surface area contributed by atoms with Crippen LogP contribution in [0.15, 0.2) is 24.0 Å². The molecule has 1 aliphatic rings. The predicted molar refractivity (Wildman–Crippen MR) is 35.1 cm³/mol. The molecule has 0 atom stereocenters. The molecule has 3 N–H and O–H groups in total. The number of nitrogens with one attached hydrogen (secondary N) is 1. The highest BCUT2D eigenvalue weighted by Crippen LogP contribution is 2.00. The van der Waals surface area contributed by atoms with Crippen LogP contribution in [0.2, 0.25) is 0 Å². The molecular formula is C6H8N2O. The second kappa shape index (κ2) is 2.35. The average Bonchev–Trinajstić information content (AvgIpc) is 1.90. The van der Waals surface area contributed by atoms with Gasteiger partial charge in [0.1, 0.15) is 12.4 Å². The van der Waals surface area contributed by atoms with Crippen molar-refractivity contribution in [1.29, 1.82) is 5.41 Å². The van der Waals surface area contributed by atoms with Crippen LogP contribution in [-0.4, -0.2) is 12.4 Å². The molecule has 0 bridgehead atoms. The topological polar surface area (TPSA) is 59.1 Å². The molecule has 0 radical (unpaired) electrons. The molecule has 3 heteroatoms. The average molecular weight is 124 g/mol. The Morgan fingerprint density at radius 2 is 2.56 bits per heavy atom. The van der Waals surface area contributed by atoms with Crippen LogP contribution in [-0.2, 0) is 4.74 Å². The van der Waals surface area contributed by atoms with Gasteiger partial charge in [-0.15, -0.1) is 0 Å². The van der Waals surface area contributed by atoms with Crippen LogP contribution in [0, 0.1) is 5.41 Å². The molecule has 1 rings (SSSR count). The zero-order valence-electron chi connectivity index (χ0n) is 4.92. The fourth-order valence-corrected chi connectivity index (χ4v) is 0.565. The molecule has 1 heterocycles. The van der Waals surface area contributed by atoms with Crippen molar-refractivity contribution in [2.75, 3.05) is 6.61 Å². The van der Waals surface area contributed by atoms with Gasteiger partial charge in [-0.05, 0) is 12.2 Å². The minimum Gasteiger partial charge on any atom is -0.496 e. The highest BCUT2D eigenvalue weighted by molar-refractivity contribution is 5.95. The Morgan fingerprint density at radius 3 is 2.89 bits per heavy atom. The third-order valence-corrected chi connectivity index (χ3v) is 1.06. The van der Waals surface area contributed by atoms with E-state index in [2.05, 4.69) is 0 Å². The number of rotatable bonds is 1. The van der Waals surface area contributed by atoms with Crippen molar-refractivity contribution in [3.05, 3.63) is 24.0 Å². The van der Waals surface area contributed by atoms with Gasteiger partial charge in [-0.25, -0.2) is 0 Å². The summed E-state index contributed by atoms with van der Waals surface area (Å²) in [4.78, 5) is 0. The maximum atomic E-state index is 6.98. The highest BCUT2D eigenvalue weighted by atomic mass is 16.5. The van der Waals surface area contributed by atoms with E-state index in [1.165, 1.54) is 0 Å². The van der Waals surface area contributed by atoms with Gasteiger partial charge in [0.05, 0.1) is 6.26 Å². The number of hydrogen-bond donors (Lipinski definition) is 2. The summed E-state index contributed by atoms with van der Waals surface area (Å²) >= 11 is 0. The lowest BCUT2D eigenvalue weighted by molar-refractivity contribution is 0.280. The van der Waals surface area contributed by atoms with Crippen molar-refractivity contribution in [1.82, 2.24) is 0 Å². The molecular weight excluding hydrogens is 116 g/mol. The first kappa shape index (κ1) is 5.88. The lowest BCUT2D eigenvalue weighted by Crippen LogP contribution is -2.17. The van der Waals surface area contributed by atoms with Crippen LogP contribution in [0.3, 0.4) is 0 Å². The lowest BCUT2D eigenvalue weighted by Gasteiger charge is -2.06. The van der Waals surface area contributed by atoms with Gasteiger partial charge >= 0.3 is 0 Å². The lowest BCUT2D eigenvalue weighted by atomic mass is 10.2. The largest absolute Gasteiger partial charge is 0.496 e. The van der Waals surface area contributed by atoms with Gasteiger partial charge in [0, 0.05) is 5.57 Å². The number of amidine groups is 1. The maximum Gasteiger partial charge on any atom is 0.122 e. The standard InChI is InChI=1S/C6H8N2O/c7-6(8)5-2-1-3-9-4-5/h1-3H,4H2,(H3,7,8). The molecule has 0 aliphatic carbocycles. The predicted octanol–water partition coefficient (Wildman–Crippen LogP) is 0.393. The van der Waals surface area contributed by atoms with E-state index < -0.39 is 0 Å². The Hall–Kier alpha value is -1.25. The first-order valence-corrected chi connectivity index (χ1v) is 2.62. The van der Waals surface area contributed by atoms with Crippen LogP contribution in [0.25, 0.3) is 0 Å². The SMILES string of the molecule is N=C(N)C1=CC=COC1. The van der Waals surface area contributed by atoms with E-state index in [0.717, 1.165) is 5.57 Å². The zero-order chi connectivity index (χ0) is 6.69. The van der Waals surface area contributed by atoms with Crippen LogP contribution in [0.5, 0.6) is 0 Å². The molecule has 9 heavy (non-hydrogen) atoms. The number of allylic oxidation sites excluding steroid dienone is 2. The van der Waals surface area contributed by atoms with Crippen molar-refractivity contribution >= 4 is 5.84 Å². The Labute approximate surface area is 53.3 Å². The van der Waals surface area contributed by atoms with Crippen molar-refractivity contribution in [2.45, 2.75) is 0 Å². The first-order valence-electron chi connectivity index (χ1n) is 2.62. The molecule has 48 valence electrons. The molecule has 0 aromatic rings. The maximum absolute atomic E-state index is 6.98. The second-order valence-electron chi connectivity index (χ2n) is 1.75. The second-order valence-corrected chi connectivity index (χ2v) is 1.75. The summed E-state index contributed by atoms with van der Waals surface area (Å²) in [7, 11) is 0. The van der Waals surface area contributed by atoms with Crippen LogP contribution < -0.4 is 5.73 Å². The third-order valence-electron chi connectivity index (χ3n) is 1.06. The quantitative estimate of drug-likeness (QED) is 0.392. The Morgan fingerprint density at radius 1 is 1.78 bits per heavy atom. The molecule has 0 aromatic heterocycles. The third kappa shape index (κ3) is 1.32. The molecule has 0 fully saturated rings. The fraction of sp³-hybridized carbons (Fsp3) is 0.167. The monoisotopic (exact) mass is 124 g/mol. The van der Waals surface area contributed by atoms with E-state index in [1.807, 2.05) is 0 Å². The molecule has 0 spiro atoms. The summed E-state index contributed by atoms with van der Waals surface area (Å²) in [6, 6.07) is 0. The van der Waals surface area contributed by atoms with Crippen molar-refractivity contribution in [2.24, 2.45) is 5.73 Å². The van der Waals surface area contributed by atoms with Gasteiger partial charge in [-0.3, -0.25) is 5.41 Å². The Bertz CT molecular complexity index is 181.